The lowest BCUT2D eigenvalue weighted by Gasteiger charge is -2.29. The van der Waals surface area contributed by atoms with E-state index in [1.807, 2.05) is 31.2 Å². The summed E-state index contributed by atoms with van der Waals surface area (Å²) in [6.07, 6.45) is 3.45. The molecule has 0 aromatic heterocycles. The summed E-state index contributed by atoms with van der Waals surface area (Å²) in [6.45, 7) is 2.37. The van der Waals surface area contributed by atoms with E-state index in [4.69, 9.17) is 32.7 Å². The first-order chi connectivity index (χ1) is 13.5. The maximum absolute atomic E-state index is 13.3. The number of rotatable bonds is 7. The lowest BCUT2D eigenvalue weighted by atomic mass is 9.78. The Balaban J connectivity index is 1.80. The Morgan fingerprint density at radius 1 is 1.14 bits per heavy atom. The van der Waals surface area contributed by atoms with Crippen molar-refractivity contribution in [2.45, 2.75) is 44.1 Å². The SMILES string of the molecule is COC[C@H](C)Oc1ccc(NC(=O)C2(c3ccccc3Cl)CCCC2)cc1Cl. The van der Waals surface area contributed by atoms with Crippen molar-refractivity contribution >= 4 is 34.8 Å². The molecular weight excluding hydrogens is 397 g/mol. The highest BCUT2D eigenvalue weighted by molar-refractivity contribution is 6.32. The fourth-order valence-corrected chi connectivity index (χ4v) is 4.40. The quantitative estimate of drug-likeness (QED) is 0.608. The van der Waals surface area contributed by atoms with Crippen LogP contribution in [0.15, 0.2) is 42.5 Å². The first-order valence-corrected chi connectivity index (χ1v) is 10.2. The zero-order chi connectivity index (χ0) is 20.1. The number of halogens is 2. The Morgan fingerprint density at radius 2 is 1.86 bits per heavy atom. The van der Waals surface area contributed by atoms with E-state index in [-0.39, 0.29) is 12.0 Å². The van der Waals surface area contributed by atoms with Crippen molar-refractivity contribution in [1.82, 2.24) is 0 Å². The summed E-state index contributed by atoms with van der Waals surface area (Å²) in [6, 6.07) is 12.9. The lowest BCUT2D eigenvalue weighted by Crippen LogP contribution is -2.38. The Bertz CT molecular complexity index is 834. The van der Waals surface area contributed by atoms with Gasteiger partial charge < -0.3 is 14.8 Å². The normalized spacial score (nSPS) is 16.6. The largest absolute Gasteiger partial charge is 0.487 e. The fourth-order valence-electron chi connectivity index (χ4n) is 3.86. The number of hydrogen-bond donors (Lipinski definition) is 1. The van der Waals surface area contributed by atoms with Gasteiger partial charge in [0.15, 0.2) is 0 Å². The van der Waals surface area contributed by atoms with E-state index in [9.17, 15) is 4.79 Å². The maximum atomic E-state index is 13.3. The van der Waals surface area contributed by atoms with E-state index in [0.29, 0.717) is 28.1 Å². The average molecular weight is 422 g/mol. The monoisotopic (exact) mass is 421 g/mol. The number of nitrogens with one attached hydrogen (secondary N) is 1. The average Bonchev–Trinajstić information content (AvgIpc) is 3.15. The van der Waals surface area contributed by atoms with Gasteiger partial charge in [-0.3, -0.25) is 4.79 Å². The molecule has 2 aromatic rings. The van der Waals surface area contributed by atoms with Gasteiger partial charge in [0.2, 0.25) is 5.91 Å². The zero-order valence-electron chi connectivity index (χ0n) is 16.1. The van der Waals surface area contributed by atoms with Gasteiger partial charge in [0.1, 0.15) is 11.9 Å². The van der Waals surface area contributed by atoms with E-state index in [1.54, 1.807) is 25.3 Å². The van der Waals surface area contributed by atoms with Crippen LogP contribution < -0.4 is 10.1 Å². The Hall–Kier alpha value is -1.75. The number of carbonyl (C=O) groups is 1. The van der Waals surface area contributed by atoms with Gasteiger partial charge in [-0.2, -0.15) is 0 Å². The maximum Gasteiger partial charge on any atom is 0.235 e. The molecule has 28 heavy (non-hydrogen) atoms. The van der Waals surface area contributed by atoms with Crippen molar-refractivity contribution in [2.24, 2.45) is 0 Å². The first kappa shape index (κ1) is 21.0. The Labute approximate surface area is 176 Å². The fraction of sp³-hybridized carbons (Fsp3) is 0.409. The van der Waals surface area contributed by atoms with Gasteiger partial charge in [-0.25, -0.2) is 0 Å². The molecule has 0 unspecified atom stereocenters. The Kier molecular flexibility index (Phi) is 6.86. The Morgan fingerprint density at radius 3 is 2.50 bits per heavy atom. The molecule has 1 atom stereocenters. The molecule has 0 bridgehead atoms. The molecule has 1 aliphatic carbocycles. The van der Waals surface area contributed by atoms with Gasteiger partial charge in [0.25, 0.3) is 0 Å². The van der Waals surface area contributed by atoms with Crippen LogP contribution in [-0.4, -0.2) is 25.7 Å². The predicted molar refractivity (Wildman–Crippen MR) is 114 cm³/mol. The third-order valence-electron chi connectivity index (χ3n) is 5.20. The van der Waals surface area contributed by atoms with Crippen LogP contribution in [-0.2, 0) is 14.9 Å². The van der Waals surface area contributed by atoms with Gasteiger partial charge in [-0.1, -0.05) is 54.2 Å². The van der Waals surface area contributed by atoms with Crippen LogP contribution in [0.2, 0.25) is 10.0 Å². The van der Waals surface area contributed by atoms with Crippen molar-refractivity contribution in [3.63, 3.8) is 0 Å². The van der Waals surface area contributed by atoms with Crippen LogP contribution in [0.5, 0.6) is 5.75 Å². The summed E-state index contributed by atoms with van der Waals surface area (Å²) in [7, 11) is 1.62. The third kappa shape index (κ3) is 4.45. The molecule has 1 aliphatic rings. The smallest absolute Gasteiger partial charge is 0.235 e. The molecular formula is C22H25Cl2NO3. The number of anilines is 1. The molecule has 0 aliphatic heterocycles. The first-order valence-electron chi connectivity index (χ1n) is 9.48. The van der Waals surface area contributed by atoms with Gasteiger partial charge in [0.05, 0.1) is 17.0 Å². The minimum absolute atomic E-state index is 0.0458. The van der Waals surface area contributed by atoms with E-state index < -0.39 is 5.41 Å². The highest BCUT2D eigenvalue weighted by atomic mass is 35.5. The highest BCUT2D eigenvalue weighted by Gasteiger charge is 2.43. The number of carbonyl (C=O) groups excluding carboxylic acids is 1. The van der Waals surface area contributed by atoms with Gasteiger partial charge in [-0.05, 0) is 49.6 Å². The summed E-state index contributed by atoms with van der Waals surface area (Å²) in [5.74, 6) is 0.515. The number of amides is 1. The van der Waals surface area contributed by atoms with E-state index in [0.717, 1.165) is 31.2 Å². The molecule has 0 heterocycles. The van der Waals surface area contributed by atoms with Crippen LogP contribution in [0.4, 0.5) is 5.69 Å². The molecule has 6 heteroatoms. The van der Waals surface area contributed by atoms with Crippen LogP contribution in [0, 0.1) is 0 Å². The second-order valence-electron chi connectivity index (χ2n) is 7.25. The van der Waals surface area contributed by atoms with Crippen molar-refractivity contribution < 1.29 is 14.3 Å². The lowest BCUT2D eigenvalue weighted by molar-refractivity contribution is -0.121. The number of hydrogen-bond acceptors (Lipinski definition) is 3. The summed E-state index contributed by atoms with van der Waals surface area (Å²) in [4.78, 5) is 13.3. The van der Waals surface area contributed by atoms with Crippen molar-refractivity contribution in [3.8, 4) is 5.75 Å². The van der Waals surface area contributed by atoms with Gasteiger partial charge in [-0.15, -0.1) is 0 Å². The van der Waals surface area contributed by atoms with Crippen LogP contribution in [0.1, 0.15) is 38.2 Å². The van der Waals surface area contributed by atoms with Crippen molar-refractivity contribution in [1.29, 1.82) is 0 Å². The molecule has 0 spiro atoms. The summed E-state index contributed by atoms with van der Waals surface area (Å²) in [5.41, 5.74) is 0.929. The molecule has 150 valence electrons. The molecule has 2 aromatic carbocycles. The topological polar surface area (TPSA) is 47.6 Å². The van der Waals surface area contributed by atoms with E-state index >= 15 is 0 Å². The van der Waals surface area contributed by atoms with Crippen LogP contribution in [0.25, 0.3) is 0 Å². The summed E-state index contributed by atoms with van der Waals surface area (Å²) in [5, 5.41) is 4.11. The van der Waals surface area contributed by atoms with E-state index in [2.05, 4.69) is 5.32 Å². The molecule has 1 saturated carbocycles. The molecule has 4 nitrogen and oxygen atoms in total. The number of benzene rings is 2. The number of ether oxygens (including phenoxy) is 2. The number of methoxy groups -OCH3 is 1. The van der Waals surface area contributed by atoms with Gasteiger partial charge in [0, 0.05) is 17.8 Å². The zero-order valence-corrected chi connectivity index (χ0v) is 17.6. The minimum Gasteiger partial charge on any atom is -0.487 e. The highest BCUT2D eigenvalue weighted by Crippen LogP contribution is 2.44. The molecule has 1 amide bonds. The predicted octanol–water partition coefficient (Wildman–Crippen LogP) is 5.86. The second-order valence-corrected chi connectivity index (χ2v) is 8.07. The van der Waals surface area contributed by atoms with Gasteiger partial charge >= 0.3 is 0 Å². The van der Waals surface area contributed by atoms with Crippen molar-refractivity contribution in [3.05, 3.63) is 58.1 Å². The molecule has 1 N–H and O–H groups in total. The summed E-state index contributed by atoms with van der Waals surface area (Å²) >= 11 is 12.8. The van der Waals surface area contributed by atoms with Crippen LogP contribution >= 0.6 is 23.2 Å². The molecule has 1 fully saturated rings. The standard InChI is InChI=1S/C22H25Cl2NO3/c1-15(14-27-2)28-20-10-9-16(13-19(20)24)25-21(26)22(11-5-6-12-22)17-7-3-4-8-18(17)23/h3-4,7-10,13,15H,5-6,11-12,14H2,1-2H3,(H,25,26)/t15-/m0/s1. The third-order valence-corrected chi connectivity index (χ3v) is 5.83. The van der Waals surface area contributed by atoms with Crippen LogP contribution in [0.3, 0.4) is 0 Å². The summed E-state index contributed by atoms with van der Waals surface area (Å²) < 4.78 is 10.8. The van der Waals surface area contributed by atoms with Crippen molar-refractivity contribution in [2.75, 3.05) is 19.0 Å². The second kappa shape index (κ2) is 9.17. The molecule has 3 rings (SSSR count). The molecule has 0 saturated heterocycles. The molecule has 0 radical (unpaired) electrons. The minimum atomic E-state index is -0.604. The van der Waals surface area contributed by atoms with E-state index in [1.165, 1.54) is 0 Å².